The van der Waals surface area contributed by atoms with Gasteiger partial charge in [0.1, 0.15) is 11.6 Å². The van der Waals surface area contributed by atoms with Crippen LogP contribution in [-0.4, -0.2) is 52.8 Å². The third-order valence-corrected chi connectivity index (χ3v) is 4.70. The molecule has 0 atom stereocenters. The van der Waals surface area contributed by atoms with Crippen molar-refractivity contribution in [1.29, 1.82) is 0 Å². The van der Waals surface area contributed by atoms with Crippen molar-refractivity contribution in [3.63, 3.8) is 0 Å². The number of halogens is 1. The van der Waals surface area contributed by atoms with Crippen LogP contribution in [-0.2, 0) is 11.2 Å². The van der Waals surface area contributed by atoms with E-state index in [-0.39, 0.29) is 30.0 Å². The second-order valence-electron chi connectivity index (χ2n) is 7.05. The Morgan fingerprint density at radius 2 is 1.93 bits per heavy atom. The molecule has 2 amide bonds. The summed E-state index contributed by atoms with van der Waals surface area (Å²) in [5.41, 5.74) is 1.01. The average molecular weight is 373 g/mol. The molecule has 3 rings (SSSR count). The zero-order chi connectivity index (χ0) is 19.4. The third kappa shape index (κ3) is 4.53. The average Bonchev–Trinajstić information content (AvgIpc) is 2.99. The molecule has 0 radical (unpaired) electrons. The maximum atomic E-state index is 13.3. The minimum absolute atomic E-state index is 0.0563. The summed E-state index contributed by atoms with van der Waals surface area (Å²) in [7, 11) is 0. The quantitative estimate of drug-likeness (QED) is 0.827. The van der Waals surface area contributed by atoms with Crippen LogP contribution in [0.5, 0.6) is 0 Å². The number of carbonyl (C=O) groups is 2. The Bertz CT molecular complexity index is 818. The molecule has 0 aliphatic carbocycles. The molecule has 2 heterocycles. The number of nitrogens with zero attached hydrogens (tertiary/aromatic N) is 3. The van der Waals surface area contributed by atoms with Gasteiger partial charge in [-0.3, -0.25) is 9.59 Å². The highest BCUT2D eigenvalue weighted by atomic mass is 19.1. The Kier molecular flexibility index (Phi) is 5.88. The van der Waals surface area contributed by atoms with Crippen LogP contribution in [0.2, 0.25) is 0 Å². The van der Waals surface area contributed by atoms with E-state index in [0.29, 0.717) is 49.6 Å². The Balaban J connectivity index is 1.62. The monoisotopic (exact) mass is 373 g/mol. The van der Waals surface area contributed by atoms with Gasteiger partial charge in [-0.1, -0.05) is 26.0 Å². The molecule has 0 saturated carbocycles. The van der Waals surface area contributed by atoms with Gasteiger partial charge in [0.25, 0.3) is 5.91 Å². The van der Waals surface area contributed by atoms with E-state index in [9.17, 15) is 14.0 Å². The highest BCUT2D eigenvalue weighted by Gasteiger charge is 2.27. The van der Waals surface area contributed by atoms with Gasteiger partial charge in [-0.15, -0.1) is 0 Å². The van der Waals surface area contributed by atoms with Gasteiger partial charge in [0.05, 0.1) is 6.42 Å². The van der Waals surface area contributed by atoms with Crippen molar-refractivity contribution in [3.05, 3.63) is 53.5 Å². The van der Waals surface area contributed by atoms with E-state index < -0.39 is 0 Å². The molecule has 2 aromatic rings. The number of hydrogen-bond donors (Lipinski definition) is 0. The Morgan fingerprint density at radius 1 is 1.19 bits per heavy atom. The van der Waals surface area contributed by atoms with E-state index in [1.165, 1.54) is 18.5 Å². The Morgan fingerprint density at radius 3 is 2.67 bits per heavy atom. The zero-order valence-corrected chi connectivity index (χ0v) is 15.7. The lowest BCUT2D eigenvalue weighted by Crippen LogP contribution is -2.38. The molecule has 0 unspecified atom stereocenters. The first-order chi connectivity index (χ1) is 13.0. The number of benzene rings is 1. The third-order valence-electron chi connectivity index (χ3n) is 4.70. The molecule has 1 aromatic heterocycles. The number of carbonyl (C=O) groups excluding carboxylic acids is 2. The molecule has 1 aromatic carbocycles. The van der Waals surface area contributed by atoms with Crippen LogP contribution in [0, 0.1) is 5.82 Å². The number of oxazole rings is 1. The minimum Gasteiger partial charge on any atom is -0.447 e. The smallest absolute Gasteiger partial charge is 0.276 e. The van der Waals surface area contributed by atoms with Gasteiger partial charge in [-0.05, 0) is 24.1 Å². The molecule has 0 bridgehead atoms. The molecular formula is C20H24FN3O3. The van der Waals surface area contributed by atoms with Crippen molar-refractivity contribution in [2.24, 2.45) is 0 Å². The van der Waals surface area contributed by atoms with Crippen LogP contribution in [0.4, 0.5) is 4.39 Å². The van der Waals surface area contributed by atoms with Crippen molar-refractivity contribution in [2.45, 2.75) is 32.6 Å². The molecule has 0 spiro atoms. The molecule has 144 valence electrons. The predicted octanol–water partition coefficient (Wildman–Crippen LogP) is 2.85. The van der Waals surface area contributed by atoms with E-state index in [4.69, 9.17) is 4.42 Å². The molecule has 1 aliphatic heterocycles. The fraction of sp³-hybridized carbons (Fsp3) is 0.450. The molecule has 1 aliphatic rings. The van der Waals surface area contributed by atoms with Gasteiger partial charge in [0, 0.05) is 32.1 Å². The highest BCUT2D eigenvalue weighted by Crippen LogP contribution is 2.20. The molecule has 27 heavy (non-hydrogen) atoms. The zero-order valence-electron chi connectivity index (χ0n) is 15.7. The van der Waals surface area contributed by atoms with Crippen molar-refractivity contribution in [3.8, 4) is 0 Å². The Hall–Kier alpha value is -2.70. The largest absolute Gasteiger partial charge is 0.447 e. The maximum Gasteiger partial charge on any atom is 0.276 e. The lowest BCUT2D eigenvalue weighted by molar-refractivity contribution is -0.130. The first-order valence-corrected chi connectivity index (χ1v) is 9.20. The van der Waals surface area contributed by atoms with Crippen LogP contribution in [0.15, 0.2) is 35.1 Å². The summed E-state index contributed by atoms with van der Waals surface area (Å²) in [5, 5.41) is 0. The fourth-order valence-electron chi connectivity index (χ4n) is 3.28. The van der Waals surface area contributed by atoms with Gasteiger partial charge < -0.3 is 14.2 Å². The summed E-state index contributed by atoms with van der Waals surface area (Å²) < 4.78 is 18.7. The molecule has 6 nitrogen and oxygen atoms in total. The molecular weight excluding hydrogens is 349 g/mol. The van der Waals surface area contributed by atoms with E-state index in [1.807, 2.05) is 13.8 Å². The standard InChI is InChI=1S/C20H24FN3O3/c1-14(2)19-18(22-13-27-19)20(26)24-8-4-7-23(9-10-24)17(25)12-15-5-3-6-16(21)11-15/h3,5-6,11,13-14H,4,7-10,12H2,1-2H3. The fourth-order valence-corrected chi connectivity index (χ4v) is 3.28. The van der Waals surface area contributed by atoms with Crippen molar-refractivity contribution >= 4 is 11.8 Å². The maximum absolute atomic E-state index is 13.3. The summed E-state index contributed by atoms with van der Waals surface area (Å²) >= 11 is 0. The summed E-state index contributed by atoms with van der Waals surface area (Å²) in [6.07, 6.45) is 2.15. The second kappa shape index (κ2) is 8.33. The SMILES string of the molecule is CC(C)c1ocnc1C(=O)N1CCCN(C(=O)Cc2cccc(F)c2)CC1. The summed E-state index contributed by atoms with van der Waals surface area (Å²) in [5.74, 6) is 0.0960. The number of aromatic nitrogens is 1. The van der Waals surface area contributed by atoms with E-state index in [2.05, 4.69) is 4.98 Å². The second-order valence-corrected chi connectivity index (χ2v) is 7.05. The highest BCUT2D eigenvalue weighted by molar-refractivity contribution is 5.93. The van der Waals surface area contributed by atoms with Crippen molar-refractivity contribution < 1.29 is 18.4 Å². The number of hydrogen-bond acceptors (Lipinski definition) is 4. The van der Waals surface area contributed by atoms with E-state index in [0.717, 1.165) is 0 Å². The minimum atomic E-state index is -0.346. The van der Waals surface area contributed by atoms with Gasteiger partial charge in [-0.2, -0.15) is 0 Å². The lowest BCUT2D eigenvalue weighted by Gasteiger charge is -2.22. The first-order valence-electron chi connectivity index (χ1n) is 9.20. The number of amides is 2. The lowest BCUT2D eigenvalue weighted by atomic mass is 10.1. The predicted molar refractivity (Wildman–Crippen MR) is 97.8 cm³/mol. The van der Waals surface area contributed by atoms with Crippen molar-refractivity contribution in [1.82, 2.24) is 14.8 Å². The van der Waals surface area contributed by atoms with E-state index in [1.54, 1.807) is 21.9 Å². The van der Waals surface area contributed by atoms with Crippen LogP contribution in [0.3, 0.4) is 0 Å². The van der Waals surface area contributed by atoms with Crippen LogP contribution >= 0.6 is 0 Å². The van der Waals surface area contributed by atoms with Gasteiger partial charge in [0.15, 0.2) is 12.1 Å². The topological polar surface area (TPSA) is 66.7 Å². The van der Waals surface area contributed by atoms with Crippen LogP contribution in [0.25, 0.3) is 0 Å². The summed E-state index contributed by atoms with van der Waals surface area (Å²) in [4.78, 5) is 32.9. The first kappa shape index (κ1) is 19.1. The molecule has 1 fully saturated rings. The van der Waals surface area contributed by atoms with Gasteiger partial charge in [-0.25, -0.2) is 9.37 Å². The summed E-state index contributed by atoms with van der Waals surface area (Å²) in [6.45, 7) is 5.94. The van der Waals surface area contributed by atoms with Gasteiger partial charge >= 0.3 is 0 Å². The van der Waals surface area contributed by atoms with E-state index >= 15 is 0 Å². The normalized spacial score (nSPS) is 15.1. The molecule has 7 heteroatoms. The number of rotatable bonds is 4. The van der Waals surface area contributed by atoms with Gasteiger partial charge in [0.2, 0.25) is 5.91 Å². The molecule has 1 saturated heterocycles. The molecule has 0 N–H and O–H groups in total. The Labute approximate surface area is 158 Å². The summed E-state index contributed by atoms with van der Waals surface area (Å²) in [6, 6.07) is 6.08. The van der Waals surface area contributed by atoms with Crippen molar-refractivity contribution in [2.75, 3.05) is 26.2 Å². The van der Waals surface area contributed by atoms with Crippen LogP contribution < -0.4 is 0 Å². The van der Waals surface area contributed by atoms with Crippen LogP contribution in [0.1, 0.15) is 48.0 Å².